The number of fused-ring (bicyclic) bond motifs is 1. The minimum absolute atomic E-state index is 0.148. The summed E-state index contributed by atoms with van der Waals surface area (Å²) in [5.74, 6) is -0.148. The number of rotatable bonds is 0. The molecule has 0 amide bonds. The lowest BCUT2D eigenvalue weighted by atomic mass is 10.1. The standard InChI is InChI=1S/C11H13FN2/c1-14-9-4-2-3-8(12)10(9)13-7-11(14)5-6-11/h2-4,13H,5-7H2,1H3. The van der Waals surface area contributed by atoms with E-state index in [-0.39, 0.29) is 11.4 Å². The van der Waals surface area contributed by atoms with E-state index >= 15 is 0 Å². The lowest BCUT2D eigenvalue weighted by molar-refractivity contribution is 0.601. The van der Waals surface area contributed by atoms with Crippen LogP contribution < -0.4 is 10.2 Å². The monoisotopic (exact) mass is 192 g/mol. The van der Waals surface area contributed by atoms with Gasteiger partial charge in [0.15, 0.2) is 0 Å². The maximum absolute atomic E-state index is 13.4. The van der Waals surface area contributed by atoms with Crippen LogP contribution in [0, 0.1) is 5.82 Å². The first-order valence-electron chi connectivity index (χ1n) is 4.99. The smallest absolute Gasteiger partial charge is 0.148 e. The van der Waals surface area contributed by atoms with E-state index < -0.39 is 0 Å². The third-order valence-corrected chi connectivity index (χ3v) is 3.49. The van der Waals surface area contributed by atoms with Gasteiger partial charge in [-0.15, -0.1) is 0 Å². The van der Waals surface area contributed by atoms with Gasteiger partial charge in [-0.1, -0.05) is 6.07 Å². The molecule has 0 unspecified atom stereocenters. The summed E-state index contributed by atoms with van der Waals surface area (Å²) >= 11 is 0. The number of anilines is 2. The molecular formula is C11H13FN2. The summed E-state index contributed by atoms with van der Waals surface area (Å²) in [6, 6.07) is 5.25. The fraction of sp³-hybridized carbons (Fsp3) is 0.455. The van der Waals surface area contributed by atoms with Crippen molar-refractivity contribution < 1.29 is 4.39 Å². The average molecular weight is 192 g/mol. The van der Waals surface area contributed by atoms with Crippen molar-refractivity contribution in [3.63, 3.8) is 0 Å². The molecule has 14 heavy (non-hydrogen) atoms. The SMILES string of the molecule is CN1c2cccc(F)c2NCC12CC2. The molecule has 3 rings (SSSR count). The van der Waals surface area contributed by atoms with Gasteiger partial charge in [-0.3, -0.25) is 0 Å². The molecule has 0 atom stereocenters. The van der Waals surface area contributed by atoms with E-state index in [0.29, 0.717) is 5.69 Å². The van der Waals surface area contributed by atoms with Gasteiger partial charge in [0, 0.05) is 13.6 Å². The molecule has 2 nitrogen and oxygen atoms in total. The normalized spacial score (nSPS) is 21.7. The van der Waals surface area contributed by atoms with Gasteiger partial charge in [-0.05, 0) is 25.0 Å². The summed E-state index contributed by atoms with van der Waals surface area (Å²) in [4.78, 5) is 2.22. The van der Waals surface area contributed by atoms with Gasteiger partial charge in [0.2, 0.25) is 0 Å². The Morgan fingerprint density at radius 3 is 2.93 bits per heavy atom. The van der Waals surface area contributed by atoms with E-state index in [1.54, 1.807) is 6.07 Å². The van der Waals surface area contributed by atoms with Crippen molar-refractivity contribution in [2.45, 2.75) is 18.4 Å². The van der Waals surface area contributed by atoms with E-state index in [0.717, 1.165) is 12.2 Å². The molecule has 0 saturated heterocycles. The van der Waals surface area contributed by atoms with Crippen LogP contribution in [0.2, 0.25) is 0 Å². The Kier molecular flexibility index (Phi) is 1.39. The van der Waals surface area contributed by atoms with Gasteiger partial charge < -0.3 is 10.2 Å². The van der Waals surface area contributed by atoms with Crippen molar-refractivity contribution in [1.29, 1.82) is 0 Å². The molecule has 1 aliphatic heterocycles. The van der Waals surface area contributed by atoms with Crippen LogP contribution in [0.4, 0.5) is 15.8 Å². The summed E-state index contributed by atoms with van der Waals surface area (Å²) in [5.41, 5.74) is 1.93. The molecule has 2 aliphatic rings. The third-order valence-electron chi connectivity index (χ3n) is 3.49. The summed E-state index contributed by atoms with van der Waals surface area (Å²) in [7, 11) is 2.06. The highest BCUT2D eigenvalue weighted by atomic mass is 19.1. The molecule has 1 aromatic carbocycles. The van der Waals surface area contributed by atoms with Crippen molar-refractivity contribution in [2.24, 2.45) is 0 Å². The first-order chi connectivity index (χ1) is 6.73. The second-order valence-corrected chi connectivity index (χ2v) is 4.27. The van der Waals surface area contributed by atoms with E-state index in [2.05, 4.69) is 17.3 Å². The number of benzene rings is 1. The number of nitrogens with one attached hydrogen (secondary N) is 1. The van der Waals surface area contributed by atoms with E-state index in [1.165, 1.54) is 18.9 Å². The fourth-order valence-electron chi connectivity index (χ4n) is 2.25. The first-order valence-corrected chi connectivity index (χ1v) is 4.99. The highest BCUT2D eigenvalue weighted by Crippen LogP contribution is 2.48. The second kappa shape index (κ2) is 2.41. The third kappa shape index (κ3) is 0.897. The average Bonchev–Trinajstić information content (AvgIpc) is 2.94. The zero-order valence-electron chi connectivity index (χ0n) is 8.18. The van der Waals surface area contributed by atoms with E-state index in [9.17, 15) is 4.39 Å². The fourth-order valence-corrected chi connectivity index (χ4v) is 2.25. The lowest BCUT2D eigenvalue weighted by Gasteiger charge is -2.37. The summed E-state index contributed by atoms with van der Waals surface area (Å²) < 4.78 is 13.4. The molecule has 0 bridgehead atoms. The van der Waals surface area contributed by atoms with Crippen LogP contribution in [-0.2, 0) is 0 Å². The summed E-state index contributed by atoms with van der Waals surface area (Å²) in [6.45, 7) is 0.872. The predicted molar refractivity (Wildman–Crippen MR) is 55.3 cm³/mol. The van der Waals surface area contributed by atoms with Gasteiger partial charge in [-0.25, -0.2) is 4.39 Å². The van der Waals surface area contributed by atoms with Crippen LogP contribution in [0.25, 0.3) is 0 Å². The van der Waals surface area contributed by atoms with Gasteiger partial charge in [0.1, 0.15) is 5.82 Å². The highest BCUT2D eigenvalue weighted by Gasteiger charge is 2.49. The number of hydrogen-bond acceptors (Lipinski definition) is 2. The Morgan fingerprint density at radius 2 is 2.21 bits per heavy atom. The lowest BCUT2D eigenvalue weighted by Crippen LogP contribution is -2.43. The molecule has 1 fully saturated rings. The van der Waals surface area contributed by atoms with Crippen molar-refractivity contribution >= 4 is 11.4 Å². The quantitative estimate of drug-likeness (QED) is 0.678. The summed E-state index contributed by atoms with van der Waals surface area (Å²) in [5, 5.41) is 3.20. The number of para-hydroxylation sites is 1. The minimum atomic E-state index is -0.148. The highest BCUT2D eigenvalue weighted by molar-refractivity contribution is 5.74. The Labute approximate surface area is 82.7 Å². The maximum Gasteiger partial charge on any atom is 0.148 e. The van der Waals surface area contributed by atoms with E-state index in [1.807, 2.05) is 6.07 Å². The Balaban J connectivity index is 2.11. The summed E-state index contributed by atoms with van der Waals surface area (Å²) in [6.07, 6.45) is 2.43. The van der Waals surface area contributed by atoms with Crippen LogP contribution in [0.15, 0.2) is 18.2 Å². The number of nitrogens with zero attached hydrogens (tertiary/aromatic N) is 1. The zero-order valence-corrected chi connectivity index (χ0v) is 8.18. The number of likely N-dealkylation sites (N-methyl/N-ethyl adjacent to an activating group) is 1. The Hall–Kier alpha value is -1.25. The molecule has 1 heterocycles. The molecule has 1 spiro atoms. The minimum Gasteiger partial charge on any atom is -0.379 e. The van der Waals surface area contributed by atoms with Gasteiger partial charge in [-0.2, -0.15) is 0 Å². The second-order valence-electron chi connectivity index (χ2n) is 4.27. The van der Waals surface area contributed by atoms with Crippen LogP contribution in [0.3, 0.4) is 0 Å². The molecule has 1 N–H and O–H groups in total. The molecule has 3 heteroatoms. The molecule has 0 radical (unpaired) electrons. The van der Waals surface area contributed by atoms with Gasteiger partial charge in [0.25, 0.3) is 0 Å². The van der Waals surface area contributed by atoms with E-state index in [4.69, 9.17) is 0 Å². The number of halogens is 1. The molecule has 74 valence electrons. The van der Waals surface area contributed by atoms with Crippen molar-refractivity contribution in [3.8, 4) is 0 Å². The van der Waals surface area contributed by atoms with Gasteiger partial charge in [0.05, 0.1) is 16.9 Å². The topological polar surface area (TPSA) is 15.3 Å². The van der Waals surface area contributed by atoms with Crippen LogP contribution in [0.1, 0.15) is 12.8 Å². The zero-order chi connectivity index (χ0) is 9.76. The largest absolute Gasteiger partial charge is 0.379 e. The van der Waals surface area contributed by atoms with Crippen molar-refractivity contribution in [2.75, 3.05) is 23.8 Å². The van der Waals surface area contributed by atoms with Crippen molar-refractivity contribution in [1.82, 2.24) is 0 Å². The molecular weight excluding hydrogens is 179 g/mol. The maximum atomic E-state index is 13.4. The van der Waals surface area contributed by atoms with Gasteiger partial charge >= 0.3 is 0 Å². The van der Waals surface area contributed by atoms with Crippen LogP contribution in [0.5, 0.6) is 0 Å². The Morgan fingerprint density at radius 1 is 1.43 bits per heavy atom. The number of hydrogen-bond donors (Lipinski definition) is 1. The van der Waals surface area contributed by atoms with Crippen LogP contribution in [-0.4, -0.2) is 19.1 Å². The predicted octanol–water partition coefficient (Wildman–Crippen LogP) is 2.22. The molecule has 1 saturated carbocycles. The Bertz CT molecular complexity index is 385. The molecule has 1 aromatic rings. The molecule has 0 aromatic heterocycles. The van der Waals surface area contributed by atoms with Crippen molar-refractivity contribution in [3.05, 3.63) is 24.0 Å². The van der Waals surface area contributed by atoms with Crippen LogP contribution >= 0.6 is 0 Å². The molecule has 1 aliphatic carbocycles. The first kappa shape index (κ1) is 8.09.